The van der Waals surface area contributed by atoms with Crippen LogP contribution >= 0.6 is 0 Å². The number of unbranched alkanes of at least 4 members (excludes halogenated alkanes) is 4. The van der Waals surface area contributed by atoms with Gasteiger partial charge in [0.15, 0.2) is 0 Å². The van der Waals surface area contributed by atoms with E-state index in [1.54, 1.807) is 0 Å². The second-order valence-electron chi connectivity index (χ2n) is 8.68. The first-order chi connectivity index (χ1) is 15.6. The molecule has 0 aromatic heterocycles. The SMILES string of the molecule is CC=CC[Si](CC[Si](CC=CC)(OCCCC)OCCCC)(OCCCC)OCCCC. The molecule has 0 rings (SSSR count). The molecule has 0 radical (unpaired) electrons. The predicted octanol–water partition coefficient (Wildman–Crippen LogP) is 8.29. The first-order valence-electron chi connectivity index (χ1n) is 13.4. The molecule has 0 fully saturated rings. The van der Waals surface area contributed by atoms with Crippen LogP contribution in [0.25, 0.3) is 0 Å². The molecule has 0 N–H and O–H groups in total. The van der Waals surface area contributed by atoms with Gasteiger partial charge in [0.1, 0.15) is 0 Å². The zero-order valence-electron chi connectivity index (χ0n) is 22.3. The minimum Gasteiger partial charge on any atom is -0.394 e. The van der Waals surface area contributed by atoms with Gasteiger partial charge in [0, 0.05) is 38.5 Å². The van der Waals surface area contributed by atoms with E-state index in [-0.39, 0.29) is 0 Å². The largest absolute Gasteiger partial charge is 0.394 e. The maximum atomic E-state index is 6.63. The van der Waals surface area contributed by atoms with Crippen molar-refractivity contribution in [3.05, 3.63) is 24.3 Å². The monoisotopic (exact) mass is 486 g/mol. The average molecular weight is 487 g/mol. The van der Waals surface area contributed by atoms with Gasteiger partial charge in [-0.15, -0.1) is 0 Å². The van der Waals surface area contributed by atoms with Crippen molar-refractivity contribution in [1.29, 1.82) is 0 Å². The highest BCUT2D eigenvalue weighted by atomic mass is 28.4. The van der Waals surface area contributed by atoms with E-state index >= 15 is 0 Å². The van der Waals surface area contributed by atoms with Crippen molar-refractivity contribution in [2.75, 3.05) is 26.4 Å². The van der Waals surface area contributed by atoms with Crippen LogP contribution in [0.2, 0.25) is 24.2 Å². The van der Waals surface area contributed by atoms with E-state index < -0.39 is 17.1 Å². The molecule has 6 heteroatoms. The summed E-state index contributed by atoms with van der Waals surface area (Å²) in [4.78, 5) is 0. The Morgan fingerprint density at radius 2 is 0.781 bits per heavy atom. The number of allylic oxidation sites excluding steroid dienone is 4. The van der Waals surface area contributed by atoms with Gasteiger partial charge in [0.25, 0.3) is 0 Å². The van der Waals surface area contributed by atoms with Crippen LogP contribution in [0, 0.1) is 0 Å². The van der Waals surface area contributed by atoms with Crippen molar-refractivity contribution >= 4 is 17.1 Å². The minimum atomic E-state index is -2.37. The summed E-state index contributed by atoms with van der Waals surface area (Å²) in [6.45, 7) is 16.2. The molecule has 0 heterocycles. The molecule has 0 saturated carbocycles. The molecule has 0 unspecified atom stereocenters. The molecule has 0 spiro atoms. The smallest absolute Gasteiger partial charge is 0.341 e. The van der Waals surface area contributed by atoms with Crippen molar-refractivity contribution in [2.24, 2.45) is 0 Å². The molecule has 0 aromatic rings. The van der Waals surface area contributed by atoms with E-state index in [0.717, 1.165) is 102 Å². The molecule has 32 heavy (non-hydrogen) atoms. The van der Waals surface area contributed by atoms with Crippen molar-refractivity contribution < 1.29 is 17.7 Å². The van der Waals surface area contributed by atoms with Crippen LogP contribution < -0.4 is 0 Å². The van der Waals surface area contributed by atoms with Crippen LogP contribution in [0.5, 0.6) is 0 Å². The molecular formula is C26H54O4Si2. The second kappa shape index (κ2) is 21.3. The maximum Gasteiger partial charge on any atom is 0.341 e. The first-order valence-corrected chi connectivity index (χ1v) is 17.8. The van der Waals surface area contributed by atoms with Gasteiger partial charge in [0.2, 0.25) is 0 Å². The van der Waals surface area contributed by atoms with Crippen LogP contribution in [0.1, 0.15) is 92.9 Å². The molecule has 4 nitrogen and oxygen atoms in total. The van der Waals surface area contributed by atoms with E-state index in [2.05, 4.69) is 65.8 Å². The third-order valence-electron chi connectivity index (χ3n) is 5.67. The Morgan fingerprint density at radius 3 is 1.00 bits per heavy atom. The third kappa shape index (κ3) is 14.8. The highest BCUT2D eigenvalue weighted by Crippen LogP contribution is 2.31. The summed E-state index contributed by atoms with van der Waals surface area (Å²) in [6.07, 6.45) is 17.7. The van der Waals surface area contributed by atoms with Crippen molar-refractivity contribution in [3.8, 4) is 0 Å². The van der Waals surface area contributed by atoms with E-state index in [9.17, 15) is 0 Å². The Hall–Kier alpha value is -0.246. The van der Waals surface area contributed by atoms with Crippen LogP contribution in [0.3, 0.4) is 0 Å². The van der Waals surface area contributed by atoms with Gasteiger partial charge in [-0.1, -0.05) is 77.7 Å². The number of hydrogen-bond acceptors (Lipinski definition) is 4. The second-order valence-corrected chi connectivity index (χ2v) is 15.3. The highest BCUT2D eigenvalue weighted by Gasteiger charge is 2.44. The van der Waals surface area contributed by atoms with Gasteiger partial charge in [-0.2, -0.15) is 0 Å². The molecule has 0 aromatic carbocycles. The lowest BCUT2D eigenvalue weighted by Gasteiger charge is -2.35. The predicted molar refractivity (Wildman–Crippen MR) is 144 cm³/mol. The first kappa shape index (κ1) is 31.8. The third-order valence-corrected chi connectivity index (χ3v) is 12.8. The Morgan fingerprint density at radius 1 is 0.500 bits per heavy atom. The number of hydrogen-bond donors (Lipinski definition) is 0. The van der Waals surface area contributed by atoms with Crippen LogP contribution in [-0.2, 0) is 17.7 Å². The Balaban J connectivity index is 5.68. The van der Waals surface area contributed by atoms with Gasteiger partial charge >= 0.3 is 17.1 Å². The molecule has 0 amide bonds. The van der Waals surface area contributed by atoms with Crippen LogP contribution in [0.15, 0.2) is 24.3 Å². The lowest BCUT2D eigenvalue weighted by molar-refractivity contribution is 0.154. The summed E-state index contributed by atoms with van der Waals surface area (Å²) < 4.78 is 26.5. The lowest BCUT2D eigenvalue weighted by Crippen LogP contribution is -2.48. The quantitative estimate of drug-likeness (QED) is 0.0826. The Kier molecular flexibility index (Phi) is 21.1. The standard InChI is InChI=1S/C26H54O4Si2/c1-7-13-19-27-31(23-17-11-5,28-20-14-8-2)25-26-32(24-18-12-6,29-21-15-9-3)30-22-16-10-4/h11-12,17-18H,7-10,13-16,19-26H2,1-6H3. The van der Waals surface area contributed by atoms with Gasteiger partial charge in [0.05, 0.1) is 0 Å². The molecule has 0 aliphatic carbocycles. The zero-order chi connectivity index (χ0) is 24.0. The summed E-state index contributed by atoms with van der Waals surface area (Å²) in [5, 5.41) is 0. The summed E-state index contributed by atoms with van der Waals surface area (Å²) >= 11 is 0. The van der Waals surface area contributed by atoms with Gasteiger partial charge < -0.3 is 17.7 Å². The Bertz CT molecular complexity index is 407. The molecule has 0 atom stereocenters. The summed E-state index contributed by atoms with van der Waals surface area (Å²) in [5.74, 6) is 0. The molecule has 0 aliphatic rings. The summed E-state index contributed by atoms with van der Waals surface area (Å²) in [6, 6.07) is 3.73. The van der Waals surface area contributed by atoms with Gasteiger partial charge in [-0.25, -0.2) is 0 Å². The number of rotatable bonds is 23. The van der Waals surface area contributed by atoms with E-state index in [0.29, 0.717) is 0 Å². The van der Waals surface area contributed by atoms with Gasteiger partial charge in [-0.3, -0.25) is 0 Å². The topological polar surface area (TPSA) is 36.9 Å². The Labute approximate surface area is 202 Å². The lowest BCUT2D eigenvalue weighted by atomic mass is 10.4. The fourth-order valence-electron chi connectivity index (χ4n) is 3.40. The maximum absolute atomic E-state index is 6.63. The minimum absolute atomic E-state index is 0.795. The van der Waals surface area contributed by atoms with Crippen molar-refractivity contribution in [3.63, 3.8) is 0 Å². The molecule has 190 valence electrons. The van der Waals surface area contributed by atoms with Crippen LogP contribution in [0.4, 0.5) is 0 Å². The molecule has 0 saturated heterocycles. The fraction of sp³-hybridized carbons (Fsp3) is 0.846. The van der Waals surface area contributed by atoms with E-state index in [1.807, 2.05) is 0 Å². The highest BCUT2D eigenvalue weighted by molar-refractivity contribution is 6.73. The van der Waals surface area contributed by atoms with Gasteiger partial charge in [-0.05, 0) is 51.6 Å². The molecule has 0 bridgehead atoms. The normalized spacial score (nSPS) is 13.1. The zero-order valence-corrected chi connectivity index (χ0v) is 24.3. The molecule has 0 aliphatic heterocycles. The van der Waals surface area contributed by atoms with Crippen LogP contribution in [-0.4, -0.2) is 43.5 Å². The van der Waals surface area contributed by atoms with E-state index in [4.69, 9.17) is 17.7 Å². The molecular weight excluding hydrogens is 432 g/mol. The van der Waals surface area contributed by atoms with Crippen molar-refractivity contribution in [2.45, 2.75) is 117 Å². The average Bonchev–Trinajstić information content (AvgIpc) is 2.80. The fourth-order valence-corrected chi connectivity index (χ4v) is 11.3. The summed E-state index contributed by atoms with van der Waals surface area (Å²) in [5.41, 5.74) is 0. The summed E-state index contributed by atoms with van der Waals surface area (Å²) in [7, 11) is -4.74. The van der Waals surface area contributed by atoms with Crippen molar-refractivity contribution in [1.82, 2.24) is 0 Å². The van der Waals surface area contributed by atoms with E-state index in [1.165, 1.54) is 0 Å².